The first-order chi connectivity index (χ1) is 11.6. The van der Waals surface area contributed by atoms with E-state index in [4.69, 9.17) is 5.21 Å². The molecule has 6 heteroatoms. The van der Waals surface area contributed by atoms with E-state index in [1.807, 2.05) is 42.5 Å². The van der Waals surface area contributed by atoms with Crippen LogP contribution < -0.4 is 5.48 Å². The summed E-state index contributed by atoms with van der Waals surface area (Å²) in [5, 5.41) is 11.0. The second-order valence-corrected chi connectivity index (χ2v) is 6.98. The summed E-state index contributed by atoms with van der Waals surface area (Å²) in [7, 11) is -1.51. The van der Waals surface area contributed by atoms with Gasteiger partial charge in [0.1, 0.15) is 17.0 Å². The average molecular weight is 342 g/mol. The zero-order valence-electron chi connectivity index (χ0n) is 13.0. The molecule has 2 aromatic carbocycles. The zero-order chi connectivity index (χ0) is 17.1. The van der Waals surface area contributed by atoms with Crippen LogP contribution in [0.15, 0.2) is 71.7 Å². The first-order valence-corrected chi connectivity index (χ1v) is 8.67. The monoisotopic (exact) mass is 342 g/mol. The Kier molecular flexibility index (Phi) is 4.89. The molecule has 0 aliphatic carbocycles. The quantitative estimate of drug-likeness (QED) is 0.663. The van der Waals surface area contributed by atoms with Crippen molar-refractivity contribution in [3.8, 4) is 0 Å². The van der Waals surface area contributed by atoms with Gasteiger partial charge in [0.05, 0.1) is 4.90 Å². The molecule has 124 valence electrons. The predicted octanol–water partition coefficient (Wildman–Crippen LogP) is 2.55. The Morgan fingerprint density at radius 3 is 2.75 bits per heavy atom. The number of carbonyl (C=O) groups is 1. The number of nitrogens with one attached hydrogen (secondary N) is 1. The molecule has 0 bridgehead atoms. The van der Waals surface area contributed by atoms with E-state index in [-0.39, 0.29) is 0 Å². The summed E-state index contributed by atoms with van der Waals surface area (Å²) in [5.41, 5.74) is 2.57. The predicted molar refractivity (Wildman–Crippen MR) is 93.7 cm³/mol. The van der Waals surface area contributed by atoms with Crippen molar-refractivity contribution in [1.82, 2.24) is 9.79 Å². The van der Waals surface area contributed by atoms with Gasteiger partial charge < -0.3 is 0 Å². The van der Waals surface area contributed by atoms with E-state index in [1.165, 1.54) is 0 Å². The first-order valence-electron chi connectivity index (χ1n) is 7.57. The lowest BCUT2D eigenvalue weighted by Crippen LogP contribution is -2.48. The highest BCUT2D eigenvalue weighted by Gasteiger charge is 2.33. The Hall–Kier alpha value is -2.28. The number of rotatable bonds is 4. The molecule has 5 nitrogen and oxygen atoms in total. The van der Waals surface area contributed by atoms with Crippen molar-refractivity contribution in [3.05, 3.63) is 66.8 Å². The lowest BCUT2D eigenvalue weighted by atomic mass is 10.0. The van der Waals surface area contributed by atoms with E-state index in [2.05, 4.69) is 6.58 Å². The fraction of sp³-hybridized carbons (Fsp3) is 0.167. The minimum Gasteiger partial charge on any atom is -0.289 e. The summed E-state index contributed by atoms with van der Waals surface area (Å²) >= 11 is 0. The first kappa shape index (κ1) is 16.6. The largest absolute Gasteiger partial charge is 0.289 e. The molecule has 0 radical (unpaired) electrons. The van der Waals surface area contributed by atoms with Crippen molar-refractivity contribution in [2.45, 2.75) is 17.4 Å². The SMILES string of the molecule is C=CC1=CCN(S(=O)c2ccc3ccccc3c2)[C@@H](C(=O)NO)C1. The van der Waals surface area contributed by atoms with Crippen LogP contribution in [0.3, 0.4) is 0 Å². The van der Waals surface area contributed by atoms with Gasteiger partial charge in [0, 0.05) is 6.54 Å². The van der Waals surface area contributed by atoms with E-state index in [0.29, 0.717) is 17.9 Å². The maximum Gasteiger partial charge on any atom is 0.262 e. The number of fused-ring (bicyclic) bond motifs is 1. The van der Waals surface area contributed by atoms with Gasteiger partial charge in [-0.1, -0.05) is 49.1 Å². The van der Waals surface area contributed by atoms with Gasteiger partial charge in [0.2, 0.25) is 0 Å². The highest BCUT2D eigenvalue weighted by molar-refractivity contribution is 7.82. The van der Waals surface area contributed by atoms with Gasteiger partial charge in [-0.15, -0.1) is 0 Å². The number of nitrogens with zero attached hydrogens (tertiary/aromatic N) is 1. The van der Waals surface area contributed by atoms with Crippen molar-refractivity contribution in [2.75, 3.05) is 6.54 Å². The third-order valence-electron chi connectivity index (χ3n) is 4.12. The molecule has 24 heavy (non-hydrogen) atoms. The third kappa shape index (κ3) is 3.17. The number of hydrogen-bond acceptors (Lipinski definition) is 3. The van der Waals surface area contributed by atoms with E-state index in [9.17, 15) is 9.00 Å². The van der Waals surface area contributed by atoms with Gasteiger partial charge in [-0.3, -0.25) is 10.0 Å². The lowest BCUT2D eigenvalue weighted by Gasteiger charge is -2.31. The van der Waals surface area contributed by atoms with Crippen LogP contribution in [0.5, 0.6) is 0 Å². The molecular weight excluding hydrogens is 324 g/mol. The average Bonchev–Trinajstić information content (AvgIpc) is 2.65. The van der Waals surface area contributed by atoms with E-state index < -0.39 is 22.9 Å². The van der Waals surface area contributed by atoms with Crippen LogP contribution in [0.1, 0.15) is 6.42 Å². The summed E-state index contributed by atoms with van der Waals surface area (Å²) in [6, 6.07) is 12.7. The van der Waals surface area contributed by atoms with Crippen molar-refractivity contribution < 1.29 is 14.2 Å². The highest BCUT2D eigenvalue weighted by atomic mass is 32.2. The van der Waals surface area contributed by atoms with Gasteiger partial charge in [-0.25, -0.2) is 14.0 Å². The number of amides is 1. The molecule has 0 fully saturated rings. The Labute approximate surface area is 142 Å². The standard InChI is InChI=1S/C18H18N2O3S/c1-2-13-9-10-20(17(11-13)18(21)19-22)24(23)16-8-7-14-5-3-4-6-15(14)12-16/h2-9,12,17,22H,1,10-11H2,(H,19,21)/t17-,24?/m1/s1. The van der Waals surface area contributed by atoms with Crippen LogP contribution in [-0.4, -0.2) is 32.2 Å². The molecule has 2 N–H and O–H groups in total. The van der Waals surface area contributed by atoms with Gasteiger partial charge in [-0.2, -0.15) is 0 Å². The van der Waals surface area contributed by atoms with E-state index in [0.717, 1.165) is 16.3 Å². The fourth-order valence-electron chi connectivity index (χ4n) is 2.80. The van der Waals surface area contributed by atoms with Crippen LogP contribution in [0.25, 0.3) is 10.8 Å². The molecule has 0 saturated heterocycles. The van der Waals surface area contributed by atoms with Crippen molar-refractivity contribution >= 4 is 27.7 Å². The van der Waals surface area contributed by atoms with Gasteiger partial charge in [0.25, 0.3) is 5.91 Å². The number of carbonyl (C=O) groups excluding carboxylic acids is 1. The maximum atomic E-state index is 13.0. The second-order valence-electron chi connectivity index (χ2n) is 5.54. The molecule has 1 heterocycles. The number of benzene rings is 2. The summed E-state index contributed by atoms with van der Waals surface area (Å²) in [4.78, 5) is 12.6. The summed E-state index contributed by atoms with van der Waals surface area (Å²) in [6.45, 7) is 4.06. The Morgan fingerprint density at radius 1 is 1.29 bits per heavy atom. The minimum absolute atomic E-state index is 0.346. The van der Waals surface area contributed by atoms with Crippen LogP contribution in [0, 0.1) is 0 Å². The third-order valence-corrected chi connectivity index (χ3v) is 5.61. The molecule has 2 atom stereocenters. The molecule has 2 aromatic rings. The van der Waals surface area contributed by atoms with E-state index in [1.54, 1.807) is 21.9 Å². The molecule has 0 aromatic heterocycles. The maximum absolute atomic E-state index is 13.0. The number of hydroxylamine groups is 1. The zero-order valence-corrected chi connectivity index (χ0v) is 13.8. The smallest absolute Gasteiger partial charge is 0.262 e. The minimum atomic E-state index is -1.51. The summed E-state index contributed by atoms with van der Waals surface area (Å²) < 4.78 is 14.6. The molecular formula is C18H18N2O3S. The lowest BCUT2D eigenvalue weighted by molar-refractivity contribution is -0.133. The number of hydrogen-bond donors (Lipinski definition) is 2. The van der Waals surface area contributed by atoms with Crippen LogP contribution in [-0.2, 0) is 15.8 Å². The second kappa shape index (κ2) is 7.09. The van der Waals surface area contributed by atoms with Crippen molar-refractivity contribution in [3.63, 3.8) is 0 Å². The van der Waals surface area contributed by atoms with Gasteiger partial charge in [0.15, 0.2) is 0 Å². The molecule has 0 saturated carbocycles. The molecule has 0 spiro atoms. The molecule has 1 unspecified atom stereocenters. The Bertz CT molecular complexity index is 847. The van der Waals surface area contributed by atoms with Gasteiger partial charge in [-0.05, 0) is 34.9 Å². The van der Waals surface area contributed by atoms with Crippen molar-refractivity contribution in [1.29, 1.82) is 0 Å². The summed E-state index contributed by atoms with van der Waals surface area (Å²) in [5.74, 6) is -0.573. The fourth-order valence-corrected chi connectivity index (χ4v) is 4.10. The molecule has 3 rings (SSSR count). The van der Waals surface area contributed by atoms with Gasteiger partial charge >= 0.3 is 0 Å². The summed E-state index contributed by atoms with van der Waals surface area (Å²) in [6.07, 6.45) is 3.93. The van der Waals surface area contributed by atoms with Crippen LogP contribution in [0.2, 0.25) is 0 Å². The Morgan fingerprint density at radius 2 is 2.04 bits per heavy atom. The van der Waals surface area contributed by atoms with Crippen LogP contribution in [0.4, 0.5) is 0 Å². The highest BCUT2D eigenvalue weighted by Crippen LogP contribution is 2.25. The van der Waals surface area contributed by atoms with E-state index >= 15 is 0 Å². The molecule has 1 aliphatic rings. The number of allylic oxidation sites excluding steroid dienone is 1. The topological polar surface area (TPSA) is 69.6 Å². The van der Waals surface area contributed by atoms with Crippen molar-refractivity contribution in [2.24, 2.45) is 0 Å². The molecule has 1 aliphatic heterocycles. The normalized spacial score (nSPS) is 19.5. The Balaban J connectivity index is 1.94. The molecule has 1 amide bonds. The van der Waals surface area contributed by atoms with Crippen LogP contribution >= 0.6 is 0 Å².